The molecule has 1 aliphatic heterocycles. The van der Waals surface area contributed by atoms with Gasteiger partial charge in [-0.15, -0.1) is 0 Å². The minimum absolute atomic E-state index is 0.0580. The standard InChI is InChI=1S/C19H23N3O6S/c1-21-12-13(11-16(21)19(24)28-3)29(25,26)22-10-6-8-15(22)18(23)20-14-7-4-5-9-17(14)27-2/h4-5,7,9,11-12,15H,6,8,10H2,1-3H3,(H,20,23)/t15-/m0/s1. The van der Waals surface area contributed by atoms with Crippen molar-refractivity contribution in [3.05, 3.63) is 42.2 Å². The smallest absolute Gasteiger partial charge is 0.354 e. The number of anilines is 1. The number of sulfonamides is 1. The molecule has 2 heterocycles. The SMILES string of the molecule is COC(=O)c1cc(S(=O)(=O)N2CCC[C@H]2C(=O)Nc2ccccc2OC)cn1C. The number of rotatable bonds is 6. The van der Waals surface area contributed by atoms with Crippen LogP contribution < -0.4 is 10.1 Å². The molecule has 0 unspecified atom stereocenters. The summed E-state index contributed by atoms with van der Waals surface area (Å²) in [6.07, 6.45) is 2.30. The summed E-state index contributed by atoms with van der Waals surface area (Å²) >= 11 is 0. The van der Waals surface area contributed by atoms with E-state index >= 15 is 0 Å². The van der Waals surface area contributed by atoms with E-state index in [0.717, 1.165) is 0 Å². The fraction of sp³-hybridized carbons (Fsp3) is 0.368. The Balaban J connectivity index is 1.86. The van der Waals surface area contributed by atoms with E-state index < -0.39 is 27.9 Å². The Labute approximate surface area is 169 Å². The summed E-state index contributed by atoms with van der Waals surface area (Å²) in [5, 5.41) is 2.75. The molecule has 1 N–H and O–H groups in total. The summed E-state index contributed by atoms with van der Waals surface area (Å²) in [7, 11) is 0.301. The number of benzene rings is 1. The highest BCUT2D eigenvalue weighted by Crippen LogP contribution is 2.29. The molecular formula is C19H23N3O6S. The van der Waals surface area contributed by atoms with E-state index in [1.165, 1.54) is 35.4 Å². The Morgan fingerprint density at radius 3 is 2.62 bits per heavy atom. The maximum absolute atomic E-state index is 13.2. The van der Waals surface area contributed by atoms with Gasteiger partial charge < -0.3 is 19.4 Å². The molecule has 2 aromatic rings. The van der Waals surface area contributed by atoms with Crippen LogP contribution in [0.4, 0.5) is 5.69 Å². The molecule has 0 radical (unpaired) electrons. The highest BCUT2D eigenvalue weighted by atomic mass is 32.2. The highest BCUT2D eigenvalue weighted by molar-refractivity contribution is 7.89. The van der Waals surface area contributed by atoms with E-state index in [1.54, 1.807) is 31.3 Å². The van der Waals surface area contributed by atoms with Crippen LogP contribution in [-0.4, -0.2) is 56.0 Å². The van der Waals surface area contributed by atoms with Crippen molar-refractivity contribution in [3.63, 3.8) is 0 Å². The van der Waals surface area contributed by atoms with Crippen LogP contribution in [0.1, 0.15) is 23.3 Å². The molecule has 1 amide bonds. The van der Waals surface area contributed by atoms with Crippen LogP contribution in [0.25, 0.3) is 0 Å². The Kier molecular flexibility index (Phi) is 5.94. The van der Waals surface area contributed by atoms with E-state index in [2.05, 4.69) is 10.1 Å². The third-order valence-corrected chi connectivity index (χ3v) is 6.73. The molecule has 0 saturated carbocycles. The number of hydrogen-bond acceptors (Lipinski definition) is 6. The molecule has 156 valence electrons. The minimum Gasteiger partial charge on any atom is -0.495 e. The van der Waals surface area contributed by atoms with Crippen molar-refractivity contribution in [1.29, 1.82) is 0 Å². The summed E-state index contributed by atoms with van der Waals surface area (Å²) in [4.78, 5) is 24.6. The van der Waals surface area contributed by atoms with E-state index in [4.69, 9.17) is 4.74 Å². The number of carbonyl (C=O) groups is 2. The molecule has 3 rings (SSSR count). The van der Waals surface area contributed by atoms with Crippen molar-refractivity contribution < 1.29 is 27.5 Å². The van der Waals surface area contributed by atoms with Crippen molar-refractivity contribution in [2.75, 3.05) is 26.1 Å². The first-order valence-corrected chi connectivity index (χ1v) is 10.4. The monoisotopic (exact) mass is 421 g/mol. The topological polar surface area (TPSA) is 107 Å². The number of methoxy groups -OCH3 is 2. The van der Waals surface area contributed by atoms with Gasteiger partial charge in [-0.2, -0.15) is 4.31 Å². The second-order valence-corrected chi connectivity index (χ2v) is 8.52. The molecule has 0 aliphatic carbocycles. The van der Waals surface area contributed by atoms with Crippen LogP contribution in [-0.2, 0) is 26.6 Å². The Bertz CT molecular complexity index is 1030. The van der Waals surface area contributed by atoms with Crippen LogP contribution in [0, 0.1) is 0 Å². The summed E-state index contributed by atoms with van der Waals surface area (Å²) in [6, 6.07) is 7.32. The van der Waals surface area contributed by atoms with Gasteiger partial charge in [0.1, 0.15) is 22.4 Å². The molecule has 29 heavy (non-hydrogen) atoms. The summed E-state index contributed by atoms with van der Waals surface area (Å²) in [5.74, 6) is -0.584. The average molecular weight is 421 g/mol. The zero-order valence-corrected chi connectivity index (χ0v) is 17.2. The predicted octanol–water partition coefficient (Wildman–Crippen LogP) is 1.61. The van der Waals surface area contributed by atoms with Crippen molar-refractivity contribution >= 4 is 27.6 Å². The molecule has 10 heteroatoms. The number of ether oxygens (including phenoxy) is 2. The number of aryl methyl sites for hydroxylation is 1. The van der Waals surface area contributed by atoms with Crippen LogP contribution in [0.3, 0.4) is 0 Å². The minimum atomic E-state index is -3.97. The van der Waals surface area contributed by atoms with Gasteiger partial charge in [0.2, 0.25) is 15.9 Å². The quantitative estimate of drug-likeness (QED) is 0.710. The fourth-order valence-corrected chi connectivity index (χ4v) is 5.10. The average Bonchev–Trinajstić information content (AvgIpc) is 3.35. The van der Waals surface area contributed by atoms with Crippen molar-refractivity contribution in [2.24, 2.45) is 7.05 Å². The number of nitrogens with one attached hydrogen (secondary N) is 1. The summed E-state index contributed by atoms with van der Waals surface area (Å²) in [5.41, 5.74) is 0.581. The van der Waals surface area contributed by atoms with Crippen LogP contribution in [0.15, 0.2) is 41.4 Å². The molecule has 1 atom stereocenters. The molecule has 0 bridgehead atoms. The Morgan fingerprint density at radius 1 is 1.21 bits per heavy atom. The van der Waals surface area contributed by atoms with Gasteiger partial charge in [-0.05, 0) is 31.0 Å². The Morgan fingerprint density at radius 2 is 1.93 bits per heavy atom. The maximum atomic E-state index is 13.2. The second kappa shape index (κ2) is 8.26. The van der Waals surface area contributed by atoms with Gasteiger partial charge in [0.05, 0.1) is 19.9 Å². The highest BCUT2D eigenvalue weighted by Gasteiger charge is 2.40. The van der Waals surface area contributed by atoms with E-state index in [0.29, 0.717) is 24.3 Å². The van der Waals surface area contributed by atoms with Crippen molar-refractivity contribution in [1.82, 2.24) is 8.87 Å². The van der Waals surface area contributed by atoms with Crippen molar-refractivity contribution in [2.45, 2.75) is 23.8 Å². The van der Waals surface area contributed by atoms with Crippen LogP contribution in [0.2, 0.25) is 0 Å². The van der Waals surface area contributed by atoms with Gasteiger partial charge in [0.15, 0.2) is 0 Å². The lowest BCUT2D eigenvalue weighted by Gasteiger charge is -2.23. The van der Waals surface area contributed by atoms with Crippen molar-refractivity contribution in [3.8, 4) is 5.75 Å². The molecular weight excluding hydrogens is 398 g/mol. The number of hydrogen-bond donors (Lipinski definition) is 1. The molecule has 1 fully saturated rings. The Hall–Kier alpha value is -2.85. The largest absolute Gasteiger partial charge is 0.495 e. The lowest BCUT2D eigenvalue weighted by atomic mass is 10.2. The zero-order valence-electron chi connectivity index (χ0n) is 16.4. The van der Waals surface area contributed by atoms with Gasteiger partial charge >= 0.3 is 5.97 Å². The van der Waals surface area contributed by atoms with Gasteiger partial charge in [0.25, 0.3) is 0 Å². The number of aromatic nitrogens is 1. The van der Waals surface area contributed by atoms with Gasteiger partial charge in [-0.3, -0.25) is 4.79 Å². The maximum Gasteiger partial charge on any atom is 0.354 e. The van der Waals surface area contributed by atoms with E-state index in [9.17, 15) is 18.0 Å². The second-order valence-electron chi connectivity index (χ2n) is 6.63. The van der Waals surface area contributed by atoms with E-state index in [-0.39, 0.29) is 17.1 Å². The number of carbonyl (C=O) groups excluding carboxylic acids is 2. The molecule has 1 aliphatic rings. The number of esters is 1. The molecule has 0 spiro atoms. The molecule has 9 nitrogen and oxygen atoms in total. The molecule has 1 aromatic carbocycles. The fourth-order valence-electron chi connectivity index (χ4n) is 3.37. The number of para-hydroxylation sites is 2. The first-order chi connectivity index (χ1) is 13.8. The lowest BCUT2D eigenvalue weighted by molar-refractivity contribution is -0.119. The summed E-state index contributed by atoms with van der Waals surface area (Å²) < 4.78 is 38.8. The predicted molar refractivity (Wildman–Crippen MR) is 105 cm³/mol. The zero-order chi connectivity index (χ0) is 21.2. The lowest BCUT2D eigenvalue weighted by Crippen LogP contribution is -2.43. The van der Waals surface area contributed by atoms with Crippen LogP contribution in [0.5, 0.6) is 5.75 Å². The molecule has 1 saturated heterocycles. The molecule has 1 aromatic heterocycles. The first-order valence-electron chi connectivity index (χ1n) is 9.00. The van der Waals surface area contributed by atoms with Gasteiger partial charge in [-0.1, -0.05) is 12.1 Å². The normalized spacial score (nSPS) is 17.1. The third-order valence-electron chi connectivity index (χ3n) is 4.85. The first kappa shape index (κ1) is 20.9. The number of amides is 1. The van der Waals surface area contributed by atoms with E-state index in [1.807, 2.05) is 0 Å². The van der Waals surface area contributed by atoms with Gasteiger partial charge in [0, 0.05) is 19.8 Å². The van der Waals surface area contributed by atoms with Gasteiger partial charge in [-0.25, -0.2) is 13.2 Å². The number of nitrogens with zero attached hydrogens (tertiary/aromatic N) is 2. The van der Waals surface area contributed by atoms with Crippen LogP contribution >= 0.6 is 0 Å². The summed E-state index contributed by atoms with van der Waals surface area (Å²) in [6.45, 7) is 0.217. The third kappa shape index (κ3) is 3.99.